The van der Waals surface area contributed by atoms with Crippen molar-refractivity contribution in [2.24, 2.45) is 0 Å². The minimum absolute atomic E-state index is 0.741. The summed E-state index contributed by atoms with van der Waals surface area (Å²) in [4.78, 5) is 3.10. The zero-order chi connectivity index (χ0) is 14.8. The molecular formula is C16H19N3OS. The summed E-state index contributed by atoms with van der Waals surface area (Å²) in [7, 11) is 0. The molecule has 1 saturated heterocycles. The molecule has 5 heteroatoms. The minimum Gasteiger partial charge on any atom is -0.378 e. The van der Waals surface area contributed by atoms with Crippen molar-refractivity contribution in [3.05, 3.63) is 47.3 Å². The van der Waals surface area contributed by atoms with Gasteiger partial charge in [-0.15, -0.1) is 0 Å². The molecular weight excluding hydrogens is 282 g/mol. The van der Waals surface area contributed by atoms with E-state index in [1.807, 2.05) is 29.8 Å². The summed E-state index contributed by atoms with van der Waals surface area (Å²) >= 11 is 5.70. The number of rotatable bonds is 2. The Bertz CT molecular complexity index is 645. The van der Waals surface area contributed by atoms with Crippen LogP contribution in [0.15, 0.2) is 30.3 Å². The summed E-state index contributed by atoms with van der Waals surface area (Å²) in [6, 6.07) is 10.2. The number of thiocarbonyl (C=S) groups is 1. The summed E-state index contributed by atoms with van der Waals surface area (Å²) < 4.78 is 7.37. The standard InChI is InChI=1S/C16H19N3OS/c1-12-15(16(21)18-8-10-20-11-9-18)13(2)19(17-12)14-6-4-3-5-7-14/h3-7H,8-11H2,1-2H3. The fraction of sp³-hybridized carbons (Fsp3) is 0.375. The molecule has 0 radical (unpaired) electrons. The molecule has 0 bridgehead atoms. The van der Waals surface area contributed by atoms with Crippen LogP contribution in [0.4, 0.5) is 0 Å². The van der Waals surface area contributed by atoms with Crippen LogP contribution in [0.3, 0.4) is 0 Å². The van der Waals surface area contributed by atoms with Gasteiger partial charge in [0.15, 0.2) is 0 Å². The van der Waals surface area contributed by atoms with Gasteiger partial charge in [0.2, 0.25) is 0 Å². The first-order valence-electron chi connectivity index (χ1n) is 7.17. The van der Waals surface area contributed by atoms with Crippen molar-refractivity contribution in [1.29, 1.82) is 0 Å². The molecule has 0 aliphatic carbocycles. The normalized spacial score (nSPS) is 15.2. The van der Waals surface area contributed by atoms with Crippen LogP contribution in [-0.2, 0) is 4.74 Å². The van der Waals surface area contributed by atoms with Crippen LogP contribution in [0, 0.1) is 13.8 Å². The molecule has 0 N–H and O–H groups in total. The Morgan fingerprint density at radius 1 is 1.14 bits per heavy atom. The van der Waals surface area contributed by atoms with Crippen LogP contribution in [0.1, 0.15) is 17.0 Å². The van der Waals surface area contributed by atoms with E-state index >= 15 is 0 Å². The molecule has 2 heterocycles. The first kappa shape index (κ1) is 14.2. The summed E-state index contributed by atoms with van der Waals surface area (Å²) in [6.07, 6.45) is 0. The Balaban J connectivity index is 1.96. The largest absolute Gasteiger partial charge is 0.378 e. The molecule has 1 fully saturated rings. The summed E-state index contributed by atoms with van der Waals surface area (Å²) in [5, 5.41) is 4.67. The Labute approximate surface area is 130 Å². The second kappa shape index (κ2) is 5.95. The number of morpholine rings is 1. The van der Waals surface area contributed by atoms with Gasteiger partial charge >= 0.3 is 0 Å². The number of ether oxygens (including phenoxy) is 1. The van der Waals surface area contributed by atoms with Gasteiger partial charge in [-0.2, -0.15) is 5.10 Å². The number of aryl methyl sites for hydroxylation is 1. The third-order valence-corrected chi connectivity index (χ3v) is 4.27. The molecule has 1 aromatic carbocycles. The topological polar surface area (TPSA) is 30.3 Å². The van der Waals surface area contributed by atoms with E-state index in [9.17, 15) is 0 Å². The Morgan fingerprint density at radius 2 is 1.81 bits per heavy atom. The average molecular weight is 301 g/mol. The monoisotopic (exact) mass is 301 g/mol. The Hall–Kier alpha value is -1.72. The maximum absolute atomic E-state index is 5.70. The van der Waals surface area contributed by atoms with Crippen LogP contribution in [0.5, 0.6) is 0 Å². The van der Waals surface area contributed by atoms with Crippen molar-refractivity contribution >= 4 is 17.2 Å². The van der Waals surface area contributed by atoms with Crippen LogP contribution < -0.4 is 0 Å². The summed E-state index contributed by atoms with van der Waals surface area (Å²) in [6.45, 7) is 7.29. The van der Waals surface area contributed by atoms with Crippen LogP contribution in [0.25, 0.3) is 5.69 Å². The molecule has 21 heavy (non-hydrogen) atoms. The highest BCUT2D eigenvalue weighted by molar-refractivity contribution is 7.80. The quantitative estimate of drug-likeness (QED) is 0.797. The molecule has 4 nitrogen and oxygen atoms in total. The minimum atomic E-state index is 0.741. The van der Waals surface area contributed by atoms with Crippen molar-refractivity contribution in [3.8, 4) is 5.69 Å². The van der Waals surface area contributed by atoms with Crippen LogP contribution in [0.2, 0.25) is 0 Å². The zero-order valence-electron chi connectivity index (χ0n) is 12.4. The maximum atomic E-state index is 5.70. The third kappa shape index (κ3) is 2.71. The predicted octanol–water partition coefficient (Wildman–Crippen LogP) is 2.50. The lowest BCUT2D eigenvalue weighted by Gasteiger charge is -2.29. The molecule has 0 saturated carbocycles. The van der Waals surface area contributed by atoms with E-state index in [1.54, 1.807) is 0 Å². The molecule has 1 aliphatic rings. The van der Waals surface area contributed by atoms with E-state index in [4.69, 9.17) is 17.0 Å². The maximum Gasteiger partial charge on any atom is 0.113 e. The highest BCUT2D eigenvalue weighted by atomic mass is 32.1. The molecule has 1 aliphatic heterocycles. The second-order valence-corrected chi connectivity index (χ2v) is 5.58. The lowest BCUT2D eigenvalue weighted by Crippen LogP contribution is -2.40. The number of hydrogen-bond acceptors (Lipinski definition) is 3. The van der Waals surface area contributed by atoms with E-state index in [0.29, 0.717) is 0 Å². The smallest absolute Gasteiger partial charge is 0.113 e. The molecule has 110 valence electrons. The van der Waals surface area contributed by atoms with Crippen molar-refractivity contribution < 1.29 is 4.74 Å². The molecule has 0 atom stereocenters. The van der Waals surface area contributed by atoms with Gasteiger partial charge in [0.1, 0.15) is 4.99 Å². The molecule has 2 aromatic rings. The van der Waals surface area contributed by atoms with Gasteiger partial charge in [-0.3, -0.25) is 0 Å². The van der Waals surface area contributed by atoms with E-state index in [-0.39, 0.29) is 0 Å². The van der Waals surface area contributed by atoms with Gasteiger partial charge in [0.25, 0.3) is 0 Å². The third-order valence-electron chi connectivity index (χ3n) is 3.80. The van der Waals surface area contributed by atoms with E-state index in [0.717, 1.165) is 53.9 Å². The van der Waals surface area contributed by atoms with Crippen molar-refractivity contribution in [1.82, 2.24) is 14.7 Å². The summed E-state index contributed by atoms with van der Waals surface area (Å²) in [5.41, 5.74) is 4.22. The van der Waals surface area contributed by atoms with Gasteiger partial charge in [-0.05, 0) is 26.0 Å². The Morgan fingerprint density at radius 3 is 2.48 bits per heavy atom. The van der Waals surface area contributed by atoms with Crippen LogP contribution >= 0.6 is 12.2 Å². The van der Waals surface area contributed by atoms with Gasteiger partial charge in [0, 0.05) is 13.1 Å². The molecule has 0 amide bonds. The molecule has 3 rings (SSSR count). The van der Waals surface area contributed by atoms with Gasteiger partial charge in [-0.25, -0.2) is 4.68 Å². The van der Waals surface area contributed by atoms with E-state index < -0.39 is 0 Å². The van der Waals surface area contributed by atoms with Crippen LogP contribution in [-0.4, -0.2) is 46.0 Å². The Kier molecular flexibility index (Phi) is 4.03. The van der Waals surface area contributed by atoms with Crippen molar-refractivity contribution in [3.63, 3.8) is 0 Å². The summed E-state index contributed by atoms with van der Waals surface area (Å²) in [5.74, 6) is 0. The lowest BCUT2D eigenvalue weighted by atomic mass is 10.1. The first-order valence-corrected chi connectivity index (χ1v) is 7.58. The number of aromatic nitrogens is 2. The molecule has 1 aromatic heterocycles. The van der Waals surface area contributed by atoms with Gasteiger partial charge < -0.3 is 9.64 Å². The van der Waals surface area contributed by atoms with Crippen molar-refractivity contribution in [2.45, 2.75) is 13.8 Å². The fourth-order valence-electron chi connectivity index (χ4n) is 2.70. The number of hydrogen-bond donors (Lipinski definition) is 0. The van der Waals surface area contributed by atoms with Crippen molar-refractivity contribution in [2.75, 3.05) is 26.3 Å². The zero-order valence-corrected chi connectivity index (χ0v) is 13.2. The number of nitrogens with zero attached hydrogens (tertiary/aromatic N) is 3. The number of para-hydroxylation sites is 1. The first-order chi connectivity index (χ1) is 10.2. The highest BCUT2D eigenvalue weighted by Crippen LogP contribution is 2.20. The van der Waals surface area contributed by atoms with Gasteiger partial charge in [0.05, 0.1) is 35.9 Å². The van der Waals surface area contributed by atoms with E-state index in [2.05, 4.69) is 29.1 Å². The predicted molar refractivity (Wildman–Crippen MR) is 87.1 cm³/mol. The molecule has 0 spiro atoms. The molecule has 0 unspecified atom stereocenters. The second-order valence-electron chi connectivity index (χ2n) is 5.20. The number of benzene rings is 1. The van der Waals surface area contributed by atoms with Gasteiger partial charge in [-0.1, -0.05) is 30.4 Å². The SMILES string of the molecule is Cc1nn(-c2ccccc2)c(C)c1C(=S)N1CCOCC1. The average Bonchev–Trinajstić information content (AvgIpc) is 2.83. The van der Waals surface area contributed by atoms with E-state index in [1.165, 1.54) is 0 Å². The fourth-order valence-corrected chi connectivity index (χ4v) is 3.18. The highest BCUT2D eigenvalue weighted by Gasteiger charge is 2.22. The lowest BCUT2D eigenvalue weighted by molar-refractivity contribution is 0.0692.